The number of amides is 1. The van der Waals surface area contributed by atoms with Crippen LogP contribution in [-0.2, 0) is 14.3 Å². The standard InChI is InChI=1S/C21H23NO5/c1-3-14-26-21(25)16-6-8-17(9-7-16)22-19(23)12-13-20(24)27-18-10-4-15(2)5-11-18/h4-11H,3,12-14H2,1-2H3,(H,22,23). The molecule has 0 aliphatic carbocycles. The number of esters is 2. The van der Waals surface area contributed by atoms with Crippen LogP contribution in [0.2, 0.25) is 0 Å². The van der Waals surface area contributed by atoms with Crippen LogP contribution in [0.3, 0.4) is 0 Å². The number of aryl methyl sites for hydroxylation is 1. The fourth-order valence-corrected chi connectivity index (χ4v) is 2.20. The van der Waals surface area contributed by atoms with Crippen molar-refractivity contribution in [3.63, 3.8) is 0 Å². The third-order valence-electron chi connectivity index (χ3n) is 3.65. The van der Waals surface area contributed by atoms with Crippen molar-refractivity contribution >= 4 is 23.5 Å². The molecule has 0 aliphatic rings. The van der Waals surface area contributed by atoms with Crippen molar-refractivity contribution in [1.82, 2.24) is 0 Å². The Hall–Kier alpha value is -3.15. The number of rotatable bonds is 8. The lowest BCUT2D eigenvalue weighted by atomic mass is 10.2. The second-order valence-corrected chi connectivity index (χ2v) is 6.05. The summed E-state index contributed by atoms with van der Waals surface area (Å²) in [6, 6.07) is 13.5. The summed E-state index contributed by atoms with van der Waals surface area (Å²) in [4.78, 5) is 35.5. The normalized spacial score (nSPS) is 10.1. The second kappa shape index (κ2) is 10.1. The van der Waals surface area contributed by atoms with Crippen molar-refractivity contribution in [2.75, 3.05) is 11.9 Å². The maximum absolute atomic E-state index is 12.0. The third-order valence-corrected chi connectivity index (χ3v) is 3.65. The molecule has 0 aliphatic heterocycles. The molecule has 27 heavy (non-hydrogen) atoms. The Morgan fingerprint density at radius 1 is 0.926 bits per heavy atom. The average Bonchev–Trinajstić information content (AvgIpc) is 2.67. The predicted octanol–water partition coefficient (Wildman–Crippen LogP) is 3.89. The number of benzene rings is 2. The molecule has 2 aromatic rings. The summed E-state index contributed by atoms with van der Waals surface area (Å²) in [5, 5.41) is 2.68. The first-order valence-electron chi connectivity index (χ1n) is 8.82. The molecule has 0 saturated carbocycles. The minimum Gasteiger partial charge on any atom is -0.462 e. The average molecular weight is 369 g/mol. The van der Waals surface area contributed by atoms with Crippen LogP contribution in [0.15, 0.2) is 48.5 Å². The number of nitrogens with one attached hydrogen (secondary N) is 1. The van der Waals surface area contributed by atoms with E-state index in [9.17, 15) is 14.4 Å². The molecule has 0 bridgehead atoms. The van der Waals surface area contributed by atoms with E-state index >= 15 is 0 Å². The molecule has 1 N–H and O–H groups in total. The lowest BCUT2D eigenvalue weighted by Gasteiger charge is -2.07. The molecule has 6 nitrogen and oxygen atoms in total. The molecule has 0 unspecified atom stereocenters. The van der Waals surface area contributed by atoms with E-state index in [1.165, 1.54) is 0 Å². The van der Waals surface area contributed by atoms with Crippen LogP contribution in [0, 0.1) is 6.92 Å². The lowest BCUT2D eigenvalue weighted by molar-refractivity contribution is -0.135. The first-order chi connectivity index (χ1) is 13.0. The van der Waals surface area contributed by atoms with E-state index in [1.807, 2.05) is 26.0 Å². The summed E-state index contributed by atoms with van der Waals surface area (Å²) >= 11 is 0. The molecule has 0 atom stereocenters. The number of hydrogen-bond acceptors (Lipinski definition) is 5. The van der Waals surface area contributed by atoms with Gasteiger partial charge in [0.1, 0.15) is 5.75 Å². The first-order valence-corrected chi connectivity index (χ1v) is 8.82. The zero-order chi connectivity index (χ0) is 19.6. The smallest absolute Gasteiger partial charge is 0.338 e. The van der Waals surface area contributed by atoms with E-state index in [4.69, 9.17) is 9.47 Å². The van der Waals surface area contributed by atoms with Gasteiger partial charge in [-0.3, -0.25) is 9.59 Å². The first kappa shape index (κ1) is 20.2. The third kappa shape index (κ3) is 6.93. The van der Waals surface area contributed by atoms with Gasteiger partial charge in [-0.25, -0.2) is 4.79 Å². The Labute approximate surface area is 158 Å². The van der Waals surface area contributed by atoms with Gasteiger partial charge in [-0.05, 0) is 49.7 Å². The topological polar surface area (TPSA) is 81.7 Å². The highest BCUT2D eigenvalue weighted by molar-refractivity contribution is 5.94. The van der Waals surface area contributed by atoms with Crippen molar-refractivity contribution in [3.8, 4) is 5.75 Å². The molecule has 2 rings (SSSR count). The van der Waals surface area contributed by atoms with Crippen LogP contribution in [0.5, 0.6) is 5.75 Å². The van der Waals surface area contributed by atoms with Crippen LogP contribution < -0.4 is 10.1 Å². The summed E-state index contributed by atoms with van der Waals surface area (Å²) in [5.74, 6) is -0.717. The van der Waals surface area contributed by atoms with Crippen molar-refractivity contribution in [2.24, 2.45) is 0 Å². The zero-order valence-corrected chi connectivity index (χ0v) is 15.5. The van der Waals surface area contributed by atoms with Gasteiger partial charge in [0, 0.05) is 12.1 Å². The van der Waals surface area contributed by atoms with Crippen molar-refractivity contribution in [3.05, 3.63) is 59.7 Å². The number of anilines is 1. The van der Waals surface area contributed by atoms with Gasteiger partial charge in [-0.2, -0.15) is 0 Å². The maximum Gasteiger partial charge on any atom is 0.338 e. The van der Waals surface area contributed by atoms with Gasteiger partial charge in [0.2, 0.25) is 5.91 Å². The fourth-order valence-electron chi connectivity index (χ4n) is 2.20. The van der Waals surface area contributed by atoms with Gasteiger partial charge in [0.25, 0.3) is 0 Å². The highest BCUT2D eigenvalue weighted by Gasteiger charge is 2.11. The van der Waals surface area contributed by atoms with Gasteiger partial charge in [0.05, 0.1) is 18.6 Å². The predicted molar refractivity (Wildman–Crippen MR) is 102 cm³/mol. The van der Waals surface area contributed by atoms with E-state index in [1.54, 1.807) is 36.4 Å². The molecule has 0 saturated heterocycles. The molecule has 0 fully saturated rings. The SMILES string of the molecule is CCCOC(=O)c1ccc(NC(=O)CCC(=O)Oc2ccc(C)cc2)cc1. The van der Waals surface area contributed by atoms with E-state index in [0.29, 0.717) is 23.6 Å². The molecule has 0 aromatic heterocycles. The minimum atomic E-state index is -0.469. The largest absolute Gasteiger partial charge is 0.462 e. The molecule has 0 radical (unpaired) electrons. The molecule has 0 spiro atoms. The molecule has 1 amide bonds. The van der Waals surface area contributed by atoms with Gasteiger partial charge in [-0.15, -0.1) is 0 Å². The second-order valence-electron chi connectivity index (χ2n) is 6.05. The Morgan fingerprint density at radius 3 is 2.22 bits per heavy atom. The maximum atomic E-state index is 12.0. The Morgan fingerprint density at radius 2 is 1.59 bits per heavy atom. The van der Waals surface area contributed by atoms with E-state index < -0.39 is 11.9 Å². The summed E-state index contributed by atoms with van der Waals surface area (Å²) in [6.07, 6.45) is 0.734. The van der Waals surface area contributed by atoms with Gasteiger partial charge in [-0.1, -0.05) is 24.6 Å². The van der Waals surface area contributed by atoms with Crippen molar-refractivity contribution in [2.45, 2.75) is 33.1 Å². The molecular weight excluding hydrogens is 346 g/mol. The van der Waals surface area contributed by atoms with Gasteiger partial charge < -0.3 is 14.8 Å². The van der Waals surface area contributed by atoms with Crippen molar-refractivity contribution in [1.29, 1.82) is 0 Å². The van der Waals surface area contributed by atoms with Crippen molar-refractivity contribution < 1.29 is 23.9 Å². The molecule has 2 aromatic carbocycles. The Bertz CT molecular complexity index is 781. The van der Waals surface area contributed by atoms with E-state index in [0.717, 1.165) is 12.0 Å². The highest BCUT2D eigenvalue weighted by atomic mass is 16.5. The van der Waals surface area contributed by atoms with Crippen LogP contribution in [0.25, 0.3) is 0 Å². The minimum absolute atomic E-state index is 0.00495. The number of carbonyl (C=O) groups is 3. The van der Waals surface area contributed by atoms with Crippen LogP contribution in [0.1, 0.15) is 42.1 Å². The molecule has 142 valence electrons. The van der Waals surface area contributed by atoms with Gasteiger partial charge in [0.15, 0.2) is 0 Å². The monoisotopic (exact) mass is 369 g/mol. The number of carbonyl (C=O) groups excluding carboxylic acids is 3. The van der Waals surface area contributed by atoms with Crippen LogP contribution >= 0.6 is 0 Å². The Balaban J connectivity index is 1.77. The van der Waals surface area contributed by atoms with Gasteiger partial charge >= 0.3 is 11.9 Å². The summed E-state index contributed by atoms with van der Waals surface area (Å²) in [5.41, 5.74) is 2.03. The molecular formula is C21H23NO5. The van der Waals surface area contributed by atoms with E-state index in [-0.39, 0.29) is 18.7 Å². The fraction of sp³-hybridized carbons (Fsp3) is 0.286. The van der Waals surface area contributed by atoms with Crippen LogP contribution in [0.4, 0.5) is 5.69 Å². The van der Waals surface area contributed by atoms with Crippen LogP contribution in [-0.4, -0.2) is 24.5 Å². The van der Waals surface area contributed by atoms with E-state index in [2.05, 4.69) is 5.32 Å². The summed E-state index contributed by atoms with van der Waals surface area (Å²) in [7, 11) is 0. The molecule has 6 heteroatoms. The highest BCUT2D eigenvalue weighted by Crippen LogP contribution is 2.14. The number of ether oxygens (including phenoxy) is 2. The zero-order valence-electron chi connectivity index (χ0n) is 15.5. The molecule has 0 heterocycles. The summed E-state index contributed by atoms with van der Waals surface area (Å²) < 4.78 is 10.2. The Kier molecular flexibility index (Phi) is 7.55. The lowest BCUT2D eigenvalue weighted by Crippen LogP contribution is -2.16. The summed E-state index contributed by atoms with van der Waals surface area (Å²) in [6.45, 7) is 4.23. The number of hydrogen-bond donors (Lipinski definition) is 1. The quantitative estimate of drug-likeness (QED) is 0.564.